The van der Waals surface area contributed by atoms with Gasteiger partial charge >= 0.3 is 6.03 Å². The number of benzene rings is 1. The van der Waals surface area contributed by atoms with Gasteiger partial charge in [0, 0.05) is 6.54 Å². The molecule has 1 rings (SSSR count). The van der Waals surface area contributed by atoms with Crippen LogP contribution in [0.25, 0.3) is 0 Å². The highest BCUT2D eigenvalue weighted by molar-refractivity contribution is 5.95. The SMILES string of the molecule is CCNC(=O)N(CCO)c1ccccc1N. The lowest BCUT2D eigenvalue weighted by Gasteiger charge is -2.23. The number of aliphatic hydroxyl groups excluding tert-OH is 1. The van der Waals surface area contributed by atoms with Gasteiger partial charge in [0.1, 0.15) is 0 Å². The number of aliphatic hydroxyl groups is 1. The third-order valence-corrected chi connectivity index (χ3v) is 2.12. The maximum Gasteiger partial charge on any atom is 0.322 e. The first-order valence-electron chi connectivity index (χ1n) is 5.21. The zero-order valence-corrected chi connectivity index (χ0v) is 9.31. The predicted molar refractivity (Wildman–Crippen MR) is 64.4 cm³/mol. The molecule has 88 valence electrons. The summed E-state index contributed by atoms with van der Waals surface area (Å²) in [5.74, 6) is 0. The van der Waals surface area contributed by atoms with Crippen LogP contribution in [0.2, 0.25) is 0 Å². The lowest BCUT2D eigenvalue weighted by atomic mass is 10.2. The number of rotatable bonds is 4. The summed E-state index contributed by atoms with van der Waals surface area (Å²) in [6.07, 6.45) is 0. The highest BCUT2D eigenvalue weighted by atomic mass is 16.3. The molecule has 0 atom stereocenters. The van der Waals surface area contributed by atoms with Crippen LogP contribution < -0.4 is 16.0 Å². The van der Waals surface area contributed by atoms with E-state index in [2.05, 4.69) is 5.32 Å². The van der Waals surface area contributed by atoms with Gasteiger partial charge in [-0.05, 0) is 19.1 Å². The molecular weight excluding hydrogens is 206 g/mol. The van der Waals surface area contributed by atoms with Crippen LogP contribution in [0.4, 0.5) is 16.2 Å². The van der Waals surface area contributed by atoms with Crippen LogP contribution in [-0.4, -0.2) is 30.8 Å². The summed E-state index contributed by atoms with van der Waals surface area (Å²) in [4.78, 5) is 13.2. The van der Waals surface area contributed by atoms with E-state index in [1.165, 1.54) is 4.90 Å². The van der Waals surface area contributed by atoms with Crippen LogP contribution >= 0.6 is 0 Å². The standard InChI is InChI=1S/C11H17N3O2/c1-2-13-11(16)14(7-8-15)10-6-4-3-5-9(10)12/h3-6,15H,2,7-8,12H2,1H3,(H,13,16). The number of hydrogen-bond donors (Lipinski definition) is 3. The smallest absolute Gasteiger partial charge is 0.322 e. The molecule has 0 aliphatic rings. The fraction of sp³-hybridized carbons (Fsp3) is 0.364. The molecule has 0 fully saturated rings. The van der Waals surface area contributed by atoms with Crippen molar-refractivity contribution >= 4 is 17.4 Å². The van der Waals surface area contributed by atoms with Crippen molar-refractivity contribution in [1.82, 2.24) is 5.32 Å². The van der Waals surface area contributed by atoms with Gasteiger partial charge in [-0.25, -0.2) is 4.79 Å². The van der Waals surface area contributed by atoms with Crippen molar-refractivity contribution in [3.63, 3.8) is 0 Å². The molecule has 16 heavy (non-hydrogen) atoms. The van der Waals surface area contributed by atoms with Gasteiger partial charge < -0.3 is 16.2 Å². The summed E-state index contributed by atoms with van der Waals surface area (Å²) in [5.41, 5.74) is 6.91. The van der Waals surface area contributed by atoms with E-state index in [0.29, 0.717) is 17.9 Å². The van der Waals surface area contributed by atoms with Gasteiger partial charge in [0.25, 0.3) is 0 Å². The number of para-hydroxylation sites is 2. The lowest BCUT2D eigenvalue weighted by molar-refractivity contribution is 0.242. The summed E-state index contributed by atoms with van der Waals surface area (Å²) < 4.78 is 0. The lowest BCUT2D eigenvalue weighted by Crippen LogP contribution is -2.41. The van der Waals surface area contributed by atoms with Gasteiger partial charge in [0.2, 0.25) is 0 Å². The van der Waals surface area contributed by atoms with Crippen molar-refractivity contribution in [2.75, 3.05) is 30.3 Å². The summed E-state index contributed by atoms with van der Waals surface area (Å²) in [5, 5.41) is 11.6. The van der Waals surface area contributed by atoms with Gasteiger partial charge in [0.05, 0.1) is 24.5 Å². The Bertz CT molecular complexity index is 355. The number of urea groups is 1. The van der Waals surface area contributed by atoms with Gasteiger partial charge in [-0.15, -0.1) is 0 Å². The average Bonchev–Trinajstić information content (AvgIpc) is 2.27. The largest absolute Gasteiger partial charge is 0.397 e. The molecule has 0 radical (unpaired) electrons. The molecule has 1 aromatic carbocycles. The Labute approximate surface area is 94.9 Å². The number of carbonyl (C=O) groups excluding carboxylic acids is 1. The number of nitrogen functional groups attached to an aromatic ring is 1. The number of carbonyl (C=O) groups is 1. The van der Waals surface area contributed by atoms with E-state index >= 15 is 0 Å². The van der Waals surface area contributed by atoms with E-state index in [1.807, 2.05) is 6.92 Å². The second-order valence-electron chi connectivity index (χ2n) is 3.27. The minimum absolute atomic E-state index is 0.106. The number of amides is 2. The minimum Gasteiger partial charge on any atom is -0.397 e. The minimum atomic E-state index is -0.255. The Hall–Kier alpha value is -1.75. The number of nitrogens with two attached hydrogens (primary N) is 1. The third-order valence-electron chi connectivity index (χ3n) is 2.12. The first-order valence-corrected chi connectivity index (χ1v) is 5.21. The fourth-order valence-electron chi connectivity index (χ4n) is 1.41. The molecule has 0 spiro atoms. The Kier molecular flexibility index (Phi) is 4.60. The van der Waals surface area contributed by atoms with Crippen LogP contribution in [0.3, 0.4) is 0 Å². The Morgan fingerprint density at radius 2 is 2.19 bits per heavy atom. The molecule has 0 heterocycles. The average molecular weight is 223 g/mol. The molecule has 0 aromatic heterocycles. The molecule has 0 aliphatic heterocycles. The number of nitrogens with one attached hydrogen (secondary N) is 1. The number of hydrogen-bond acceptors (Lipinski definition) is 3. The molecule has 1 aromatic rings. The highest BCUT2D eigenvalue weighted by Gasteiger charge is 2.15. The Balaban J connectivity index is 2.93. The van der Waals surface area contributed by atoms with E-state index < -0.39 is 0 Å². The predicted octanol–water partition coefficient (Wildman–Crippen LogP) is 0.797. The molecule has 0 unspecified atom stereocenters. The van der Waals surface area contributed by atoms with E-state index in [9.17, 15) is 4.79 Å². The molecule has 4 N–H and O–H groups in total. The maximum atomic E-state index is 11.7. The fourth-order valence-corrected chi connectivity index (χ4v) is 1.41. The number of anilines is 2. The quantitative estimate of drug-likeness (QED) is 0.660. The molecule has 5 nitrogen and oxygen atoms in total. The zero-order chi connectivity index (χ0) is 12.0. The monoisotopic (exact) mass is 223 g/mol. The van der Waals surface area contributed by atoms with E-state index in [1.54, 1.807) is 24.3 Å². The molecule has 2 amide bonds. The molecule has 5 heteroatoms. The van der Waals surface area contributed by atoms with E-state index in [0.717, 1.165) is 0 Å². The van der Waals surface area contributed by atoms with E-state index in [-0.39, 0.29) is 19.2 Å². The summed E-state index contributed by atoms with van der Waals surface area (Å²) in [6.45, 7) is 2.49. The van der Waals surface area contributed by atoms with Crippen LogP contribution in [0.1, 0.15) is 6.92 Å². The summed E-state index contributed by atoms with van der Waals surface area (Å²) in [6, 6.07) is 6.82. The number of nitrogens with zero attached hydrogens (tertiary/aromatic N) is 1. The maximum absolute atomic E-state index is 11.7. The molecule has 0 bridgehead atoms. The third kappa shape index (κ3) is 2.87. The van der Waals surface area contributed by atoms with Crippen molar-refractivity contribution < 1.29 is 9.90 Å². The van der Waals surface area contributed by atoms with Crippen molar-refractivity contribution in [2.45, 2.75) is 6.92 Å². The second kappa shape index (κ2) is 5.97. The molecule has 0 aliphatic carbocycles. The topological polar surface area (TPSA) is 78.6 Å². The van der Waals surface area contributed by atoms with Crippen LogP contribution in [0.15, 0.2) is 24.3 Å². The summed E-state index contributed by atoms with van der Waals surface area (Å²) >= 11 is 0. The van der Waals surface area contributed by atoms with Gasteiger partial charge in [-0.1, -0.05) is 12.1 Å². The highest BCUT2D eigenvalue weighted by Crippen LogP contribution is 2.22. The van der Waals surface area contributed by atoms with Crippen molar-refractivity contribution in [2.24, 2.45) is 0 Å². The van der Waals surface area contributed by atoms with Crippen LogP contribution in [0.5, 0.6) is 0 Å². The van der Waals surface area contributed by atoms with Crippen molar-refractivity contribution in [3.05, 3.63) is 24.3 Å². The Morgan fingerprint density at radius 1 is 1.50 bits per heavy atom. The van der Waals surface area contributed by atoms with Gasteiger partial charge in [-0.2, -0.15) is 0 Å². The van der Waals surface area contributed by atoms with Gasteiger partial charge in [-0.3, -0.25) is 4.90 Å². The molecule has 0 saturated carbocycles. The normalized spacial score (nSPS) is 9.88. The molecule has 0 saturated heterocycles. The van der Waals surface area contributed by atoms with Crippen LogP contribution in [0, 0.1) is 0 Å². The first-order chi connectivity index (χ1) is 7.70. The van der Waals surface area contributed by atoms with E-state index in [4.69, 9.17) is 10.8 Å². The molecular formula is C11H17N3O2. The van der Waals surface area contributed by atoms with Crippen molar-refractivity contribution in [1.29, 1.82) is 0 Å². The van der Waals surface area contributed by atoms with Crippen molar-refractivity contribution in [3.8, 4) is 0 Å². The first kappa shape index (κ1) is 12.3. The van der Waals surface area contributed by atoms with Gasteiger partial charge in [0.15, 0.2) is 0 Å². The van der Waals surface area contributed by atoms with Crippen LogP contribution in [-0.2, 0) is 0 Å². The summed E-state index contributed by atoms with van der Waals surface area (Å²) in [7, 11) is 0. The Morgan fingerprint density at radius 3 is 2.75 bits per heavy atom. The zero-order valence-electron chi connectivity index (χ0n) is 9.31. The second-order valence-corrected chi connectivity index (χ2v) is 3.27.